The number of hydrogen-bond acceptors (Lipinski definition) is 6. The average molecular weight is 463 g/mol. The molecule has 3 aliphatic rings. The number of fused-ring (bicyclic) bond motifs is 3. The molecule has 1 aromatic heterocycles. The summed E-state index contributed by atoms with van der Waals surface area (Å²) in [5.41, 5.74) is 3.52. The second-order valence-electron chi connectivity index (χ2n) is 10.1. The van der Waals surface area contributed by atoms with Gasteiger partial charge in [-0.15, -0.1) is 0 Å². The highest BCUT2D eigenvalue weighted by Gasteiger charge is 2.32. The van der Waals surface area contributed by atoms with E-state index in [0.29, 0.717) is 12.6 Å². The number of nitrogens with zero attached hydrogens (tertiary/aromatic N) is 3. The standard InChI is InChI=1S/C28H38N4O2/c1-3-34-28(33)22-10-14-31(15-11-22)27-24(17-23-7-4-6-20(2)26(23)30-27)18-29-12-5-13-32-19-21-8-9-25(32)16-21/h4,6-9,17,21-22,25,29H,3,5,10-16,18-19H2,1-2H3. The first-order chi connectivity index (χ1) is 16.6. The third-order valence-corrected chi connectivity index (χ3v) is 7.72. The normalized spacial score (nSPS) is 22.7. The van der Waals surface area contributed by atoms with E-state index in [1.807, 2.05) is 6.92 Å². The number of likely N-dealkylation sites (tertiary alicyclic amines) is 1. The molecule has 6 heteroatoms. The average Bonchev–Trinajstić information content (AvgIpc) is 3.48. The lowest BCUT2D eigenvalue weighted by atomic mass is 9.96. The fraction of sp³-hybridized carbons (Fsp3) is 0.571. The molecular formula is C28H38N4O2. The number of aromatic nitrogens is 1. The van der Waals surface area contributed by atoms with E-state index in [4.69, 9.17) is 9.72 Å². The Hall–Kier alpha value is -2.44. The number of ether oxygens (including phenoxy) is 1. The summed E-state index contributed by atoms with van der Waals surface area (Å²) in [7, 11) is 0. The van der Waals surface area contributed by atoms with E-state index >= 15 is 0 Å². The zero-order valence-corrected chi connectivity index (χ0v) is 20.6. The second kappa shape index (κ2) is 10.4. The molecule has 2 unspecified atom stereocenters. The van der Waals surface area contributed by atoms with Crippen molar-refractivity contribution < 1.29 is 9.53 Å². The van der Waals surface area contributed by atoms with Crippen LogP contribution in [0.3, 0.4) is 0 Å². The van der Waals surface area contributed by atoms with Crippen LogP contribution in [0.4, 0.5) is 5.82 Å². The number of esters is 1. The Labute approximate surface area is 203 Å². The molecule has 5 rings (SSSR count). The minimum Gasteiger partial charge on any atom is -0.466 e. The molecule has 2 bridgehead atoms. The summed E-state index contributed by atoms with van der Waals surface area (Å²) in [6.45, 7) is 10.4. The number of nitrogens with one attached hydrogen (secondary N) is 1. The van der Waals surface area contributed by atoms with Gasteiger partial charge >= 0.3 is 5.97 Å². The number of carbonyl (C=O) groups excluding carboxylic acids is 1. The van der Waals surface area contributed by atoms with Gasteiger partial charge in [0, 0.05) is 43.2 Å². The zero-order chi connectivity index (χ0) is 23.5. The number of pyridine rings is 1. The van der Waals surface area contributed by atoms with E-state index in [-0.39, 0.29) is 11.9 Å². The molecule has 2 aromatic rings. The van der Waals surface area contributed by atoms with Crippen molar-refractivity contribution in [3.05, 3.63) is 47.5 Å². The topological polar surface area (TPSA) is 57.7 Å². The van der Waals surface area contributed by atoms with Gasteiger partial charge in [-0.2, -0.15) is 0 Å². The minimum absolute atomic E-state index is 0.00987. The first kappa shape index (κ1) is 23.3. The predicted molar refractivity (Wildman–Crippen MR) is 137 cm³/mol. The summed E-state index contributed by atoms with van der Waals surface area (Å²) in [6.07, 6.45) is 8.92. The van der Waals surface area contributed by atoms with Crippen LogP contribution in [-0.4, -0.2) is 61.2 Å². The van der Waals surface area contributed by atoms with Crippen molar-refractivity contribution in [1.29, 1.82) is 0 Å². The molecule has 1 aliphatic carbocycles. The van der Waals surface area contributed by atoms with Gasteiger partial charge in [0.2, 0.25) is 0 Å². The highest BCUT2D eigenvalue weighted by atomic mass is 16.5. The van der Waals surface area contributed by atoms with E-state index in [1.54, 1.807) is 0 Å². The summed E-state index contributed by atoms with van der Waals surface area (Å²) in [5, 5.41) is 4.88. The van der Waals surface area contributed by atoms with Gasteiger partial charge in [0.15, 0.2) is 0 Å². The van der Waals surface area contributed by atoms with Crippen LogP contribution >= 0.6 is 0 Å². The lowest BCUT2D eigenvalue weighted by molar-refractivity contribution is -0.148. The maximum absolute atomic E-state index is 12.2. The van der Waals surface area contributed by atoms with E-state index in [0.717, 1.165) is 62.7 Å². The third-order valence-electron chi connectivity index (χ3n) is 7.72. The fourth-order valence-corrected chi connectivity index (χ4v) is 5.85. The number of anilines is 1. The molecule has 6 nitrogen and oxygen atoms in total. The smallest absolute Gasteiger partial charge is 0.309 e. The second-order valence-corrected chi connectivity index (χ2v) is 10.1. The summed E-state index contributed by atoms with van der Waals surface area (Å²) in [6, 6.07) is 9.39. The van der Waals surface area contributed by atoms with E-state index < -0.39 is 0 Å². The van der Waals surface area contributed by atoms with Crippen LogP contribution in [0.1, 0.15) is 43.7 Å². The maximum Gasteiger partial charge on any atom is 0.309 e. The Balaban J connectivity index is 1.23. The highest BCUT2D eigenvalue weighted by molar-refractivity contribution is 5.84. The molecule has 182 valence electrons. The molecule has 34 heavy (non-hydrogen) atoms. The van der Waals surface area contributed by atoms with Crippen LogP contribution in [0.5, 0.6) is 0 Å². The van der Waals surface area contributed by atoms with Crippen LogP contribution < -0.4 is 10.2 Å². The molecule has 2 atom stereocenters. The van der Waals surface area contributed by atoms with E-state index in [2.05, 4.69) is 58.5 Å². The molecule has 2 aliphatic heterocycles. The largest absolute Gasteiger partial charge is 0.466 e. The van der Waals surface area contributed by atoms with Crippen LogP contribution in [0, 0.1) is 18.8 Å². The lowest BCUT2D eigenvalue weighted by Gasteiger charge is -2.33. The van der Waals surface area contributed by atoms with Crippen molar-refractivity contribution in [2.45, 2.75) is 52.1 Å². The number of carbonyl (C=O) groups is 1. The number of aryl methyl sites for hydroxylation is 1. The van der Waals surface area contributed by atoms with Gasteiger partial charge in [0.1, 0.15) is 5.82 Å². The molecule has 1 aromatic carbocycles. The minimum atomic E-state index is -0.0481. The Bertz CT molecular complexity index is 1040. The van der Waals surface area contributed by atoms with Crippen LogP contribution in [0.15, 0.2) is 36.4 Å². The maximum atomic E-state index is 12.2. The fourth-order valence-electron chi connectivity index (χ4n) is 5.85. The Morgan fingerprint density at radius 2 is 2.09 bits per heavy atom. The number of benzene rings is 1. The van der Waals surface area contributed by atoms with Crippen LogP contribution in [0.25, 0.3) is 10.9 Å². The molecule has 0 saturated carbocycles. The Morgan fingerprint density at radius 1 is 1.24 bits per heavy atom. The molecule has 1 N–H and O–H groups in total. The summed E-state index contributed by atoms with van der Waals surface area (Å²) >= 11 is 0. The molecule has 2 fully saturated rings. The highest BCUT2D eigenvalue weighted by Crippen LogP contribution is 2.31. The van der Waals surface area contributed by atoms with Gasteiger partial charge in [0.25, 0.3) is 0 Å². The van der Waals surface area contributed by atoms with Gasteiger partial charge in [-0.1, -0.05) is 30.4 Å². The Morgan fingerprint density at radius 3 is 2.82 bits per heavy atom. The van der Waals surface area contributed by atoms with E-state index in [9.17, 15) is 4.79 Å². The van der Waals surface area contributed by atoms with Crippen molar-refractivity contribution in [1.82, 2.24) is 15.2 Å². The molecule has 0 radical (unpaired) electrons. The van der Waals surface area contributed by atoms with Crippen LogP contribution in [-0.2, 0) is 16.1 Å². The molecule has 0 amide bonds. The van der Waals surface area contributed by atoms with Crippen molar-refractivity contribution >= 4 is 22.7 Å². The van der Waals surface area contributed by atoms with E-state index in [1.165, 1.54) is 36.0 Å². The molecule has 2 saturated heterocycles. The zero-order valence-electron chi connectivity index (χ0n) is 20.6. The van der Waals surface area contributed by atoms with Gasteiger partial charge in [0.05, 0.1) is 18.0 Å². The number of rotatable bonds is 9. The Kier molecular flexibility index (Phi) is 7.16. The molecule has 0 spiro atoms. The lowest BCUT2D eigenvalue weighted by Crippen LogP contribution is -2.38. The predicted octanol–water partition coefficient (Wildman–Crippen LogP) is 4.06. The van der Waals surface area contributed by atoms with Gasteiger partial charge in [-0.25, -0.2) is 4.98 Å². The first-order valence-electron chi connectivity index (χ1n) is 13.1. The van der Waals surface area contributed by atoms with Gasteiger partial charge in [-0.3, -0.25) is 9.69 Å². The number of piperidine rings is 1. The third kappa shape index (κ3) is 4.98. The molecular weight excluding hydrogens is 424 g/mol. The summed E-state index contributed by atoms with van der Waals surface area (Å²) < 4.78 is 5.26. The SMILES string of the molecule is CCOC(=O)C1CCN(c2nc3c(C)cccc3cc2CNCCCN2CC3C=CC2C3)CC1. The van der Waals surface area contributed by atoms with Gasteiger partial charge < -0.3 is 15.0 Å². The number of para-hydroxylation sites is 1. The van der Waals surface area contributed by atoms with Gasteiger partial charge in [-0.05, 0) is 70.2 Å². The van der Waals surface area contributed by atoms with Crippen molar-refractivity contribution in [3.63, 3.8) is 0 Å². The van der Waals surface area contributed by atoms with Crippen LogP contribution in [0.2, 0.25) is 0 Å². The number of hydrogen-bond donors (Lipinski definition) is 1. The quantitative estimate of drug-likeness (QED) is 0.345. The van der Waals surface area contributed by atoms with Crippen molar-refractivity contribution in [2.24, 2.45) is 11.8 Å². The molecule has 3 heterocycles. The monoisotopic (exact) mass is 462 g/mol. The summed E-state index contributed by atoms with van der Waals surface area (Å²) in [5.74, 6) is 1.82. The summed E-state index contributed by atoms with van der Waals surface area (Å²) in [4.78, 5) is 22.3. The van der Waals surface area contributed by atoms with Crippen molar-refractivity contribution in [3.8, 4) is 0 Å². The van der Waals surface area contributed by atoms with Crippen molar-refractivity contribution in [2.75, 3.05) is 44.2 Å². The first-order valence-corrected chi connectivity index (χ1v) is 13.1.